The molecule has 1 atom stereocenters. The van der Waals surface area contributed by atoms with E-state index in [1.807, 2.05) is 11.0 Å². The maximum absolute atomic E-state index is 12.6. The number of carbonyl (C=O) groups is 1. The minimum atomic E-state index is 0.187. The first-order chi connectivity index (χ1) is 10.3. The molecule has 5 heteroatoms. The number of nitrogens with zero attached hydrogens (tertiary/aromatic N) is 4. The van der Waals surface area contributed by atoms with Crippen LogP contribution < -0.4 is 4.90 Å². The Morgan fingerprint density at radius 3 is 2.38 bits per heavy atom. The van der Waals surface area contributed by atoms with Gasteiger partial charge in [-0.05, 0) is 24.8 Å². The van der Waals surface area contributed by atoms with Crippen molar-refractivity contribution in [2.75, 3.05) is 31.1 Å². The van der Waals surface area contributed by atoms with E-state index >= 15 is 0 Å². The van der Waals surface area contributed by atoms with Crippen molar-refractivity contribution in [3.63, 3.8) is 0 Å². The molecule has 114 valence electrons. The van der Waals surface area contributed by atoms with E-state index in [0.717, 1.165) is 32.1 Å². The number of aromatic nitrogens is 2. The number of anilines is 1. The van der Waals surface area contributed by atoms with E-state index in [9.17, 15) is 4.79 Å². The maximum atomic E-state index is 12.6. The quantitative estimate of drug-likeness (QED) is 0.853. The molecule has 2 fully saturated rings. The van der Waals surface area contributed by atoms with Gasteiger partial charge in [-0.25, -0.2) is 9.97 Å². The number of hydrogen-bond acceptors (Lipinski definition) is 4. The van der Waals surface area contributed by atoms with Crippen LogP contribution in [0.4, 0.5) is 5.95 Å². The van der Waals surface area contributed by atoms with Crippen LogP contribution in [0.1, 0.15) is 32.6 Å². The van der Waals surface area contributed by atoms with Gasteiger partial charge < -0.3 is 9.80 Å². The Balaban J connectivity index is 1.54. The van der Waals surface area contributed by atoms with Gasteiger partial charge >= 0.3 is 0 Å². The third-order valence-corrected chi connectivity index (χ3v) is 4.92. The number of rotatable bonds is 3. The highest BCUT2D eigenvalue weighted by Crippen LogP contribution is 2.32. The van der Waals surface area contributed by atoms with Gasteiger partial charge in [0.05, 0.1) is 0 Å². The van der Waals surface area contributed by atoms with Crippen molar-refractivity contribution in [2.45, 2.75) is 32.6 Å². The standard InChI is InChI=1S/C16H24N4O/c1-13(14-5-2-3-6-14)15(21)19-9-11-20(12-10-19)16-17-7-4-8-18-16/h4,7-8,13-14H,2-3,5-6,9-12H2,1H3. The normalized spacial score (nSPS) is 21.6. The third-order valence-electron chi connectivity index (χ3n) is 4.92. The molecule has 1 amide bonds. The highest BCUT2D eigenvalue weighted by molar-refractivity contribution is 5.79. The van der Waals surface area contributed by atoms with Crippen LogP contribution in [0.3, 0.4) is 0 Å². The summed E-state index contributed by atoms with van der Waals surface area (Å²) in [5.41, 5.74) is 0. The van der Waals surface area contributed by atoms with Crippen LogP contribution in [-0.2, 0) is 4.79 Å². The molecule has 0 spiro atoms. The van der Waals surface area contributed by atoms with Crippen molar-refractivity contribution in [2.24, 2.45) is 11.8 Å². The van der Waals surface area contributed by atoms with Crippen LogP contribution >= 0.6 is 0 Å². The zero-order valence-electron chi connectivity index (χ0n) is 12.7. The molecule has 1 unspecified atom stereocenters. The first-order valence-corrected chi connectivity index (χ1v) is 8.06. The Bertz CT molecular complexity index is 464. The largest absolute Gasteiger partial charge is 0.339 e. The molecule has 3 rings (SSSR count). The fourth-order valence-corrected chi connectivity index (χ4v) is 3.53. The minimum Gasteiger partial charge on any atom is -0.339 e. The van der Waals surface area contributed by atoms with Gasteiger partial charge in [-0.1, -0.05) is 19.8 Å². The summed E-state index contributed by atoms with van der Waals surface area (Å²) in [6.07, 6.45) is 8.57. The van der Waals surface area contributed by atoms with Crippen molar-refractivity contribution < 1.29 is 4.79 Å². The van der Waals surface area contributed by atoms with E-state index in [1.165, 1.54) is 25.7 Å². The van der Waals surface area contributed by atoms with E-state index in [1.54, 1.807) is 12.4 Å². The number of amides is 1. The monoisotopic (exact) mass is 288 g/mol. The van der Waals surface area contributed by atoms with Crippen molar-refractivity contribution in [3.05, 3.63) is 18.5 Å². The van der Waals surface area contributed by atoms with Crippen molar-refractivity contribution in [3.8, 4) is 0 Å². The molecule has 0 bridgehead atoms. The Kier molecular flexibility index (Phi) is 4.36. The molecule has 1 saturated carbocycles. The Morgan fingerprint density at radius 1 is 1.14 bits per heavy atom. The summed E-state index contributed by atoms with van der Waals surface area (Å²) >= 11 is 0. The topological polar surface area (TPSA) is 49.3 Å². The molecule has 1 aromatic heterocycles. The Morgan fingerprint density at radius 2 is 1.76 bits per heavy atom. The van der Waals surface area contributed by atoms with Gasteiger partial charge in [-0.15, -0.1) is 0 Å². The average molecular weight is 288 g/mol. The molecular formula is C16H24N4O. The van der Waals surface area contributed by atoms with E-state index in [4.69, 9.17) is 0 Å². The van der Waals surface area contributed by atoms with Gasteiger partial charge in [-0.2, -0.15) is 0 Å². The second-order valence-electron chi connectivity index (χ2n) is 6.19. The van der Waals surface area contributed by atoms with Gasteiger partial charge in [0, 0.05) is 44.5 Å². The SMILES string of the molecule is CC(C(=O)N1CCN(c2ncccn2)CC1)C1CCCC1. The van der Waals surface area contributed by atoms with E-state index in [-0.39, 0.29) is 5.92 Å². The van der Waals surface area contributed by atoms with Crippen LogP contribution in [0.15, 0.2) is 18.5 Å². The summed E-state index contributed by atoms with van der Waals surface area (Å²) in [5.74, 6) is 1.91. The number of hydrogen-bond donors (Lipinski definition) is 0. The lowest BCUT2D eigenvalue weighted by Crippen LogP contribution is -2.51. The molecule has 21 heavy (non-hydrogen) atoms. The number of piperazine rings is 1. The molecule has 2 aliphatic rings. The van der Waals surface area contributed by atoms with E-state index in [2.05, 4.69) is 21.8 Å². The highest BCUT2D eigenvalue weighted by atomic mass is 16.2. The van der Waals surface area contributed by atoms with Gasteiger partial charge in [0.25, 0.3) is 0 Å². The van der Waals surface area contributed by atoms with Crippen LogP contribution in [0.25, 0.3) is 0 Å². The average Bonchev–Trinajstić information content (AvgIpc) is 3.09. The molecule has 0 N–H and O–H groups in total. The fraction of sp³-hybridized carbons (Fsp3) is 0.688. The van der Waals surface area contributed by atoms with Crippen LogP contribution in [0.5, 0.6) is 0 Å². The molecule has 0 radical (unpaired) electrons. The summed E-state index contributed by atoms with van der Waals surface area (Å²) in [7, 11) is 0. The molecule has 1 aliphatic heterocycles. The van der Waals surface area contributed by atoms with Crippen LogP contribution in [0.2, 0.25) is 0 Å². The maximum Gasteiger partial charge on any atom is 0.225 e. The Hall–Kier alpha value is -1.65. The molecule has 0 aromatic carbocycles. The van der Waals surface area contributed by atoms with Crippen LogP contribution in [0, 0.1) is 11.8 Å². The van der Waals surface area contributed by atoms with Crippen molar-refractivity contribution in [1.29, 1.82) is 0 Å². The second-order valence-corrected chi connectivity index (χ2v) is 6.19. The van der Waals surface area contributed by atoms with Gasteiger partial charge in [0.15, 0.2) is 0 Å². The zero-order valence-corrected chi connectivity index (χ0v) is 12.7. The molecule has 1 aliphatic carbocycles. The Labute approximate surface area is 126 Å². The summed E-state index contributed by atoms with van der Waals surface area (Å²) < 4.78 is 0. The first-order valence-electron chi connectivity index (χ1n) is 8.06. The zero-order chi connectivity index (χ0) is 14.7. The van der Waals surface area contributed by atoms with E-state index in [0.29, 0.717) is 11.8 Å². The van der Waals surface area contributed by atoms with Gasteiger partial charge in [0.2, 0.25) is 11.9 Å². The smallest absolute Gasteiger partial charge is 0.225 e. The molecule has 2 heterocycles. The fourth-order valence-electron chi connectivity index (χ4n) is 3.53. The third kappa shape index (κ3) is 3.17. The van der Waals surface area contributed by atoms with Crippen LogP contribution in [-0.4, -0.2) is 47.0 Å². The highest BCUT2D eigenvalue weighted by Gasteiger charge is 2.31. The number of carbonyl (C=O) groups excluding carboxylic acids is 1. The predicted octanol–water partition coefficient (Wildman–Crippen LogP) is 1.95. The van der Waals surface area contributed by atoms with E-state index < -0.39 is 0 Å². The molecule has 5 nitrogen and oxygen atoms in total. The van der Waals surface area contributed by atoms with Gasteiger partial charge in [-0.3, -0.25) is 4.79 Å². The van der Waals surface area contributed by atoms with Gasteiger partial charge in [0.1, 0.15) is 0 Å². The summed E-state index contributed by atoms with van der Waals surface area (Å²) in [5, 5.41) is 0. The lowest BCUT2D eigenvalue weighted by Gasteiger charge is -2.36. The predicted molar refractivity (Wildman–Crippen MR) is 81.9 cm³/mol. The summed E-state index contributed by atoms with van der Waals surface area (Å²) in [4.78, 5) is 25.4. The van der Waals surface area contributed by atoms with Crippen molar-refractivity contribution in [1.82, 2.24) is 14.9 Å². The molecular weight excluding hydrogens is 264 g/mol. The second kappa shape index (κ2) is 6.41. The molecule has 1 saturated heterocycles. The lowest BCUT2D eigenvalue weighted by molar-refractivity contribution is -0.137. The van der Waals surface area contributed by atoms with Crippen molar-refractivity contribution >= 4 is 11.9 Å². The summed E-state index contributed by atoms with van der Waals surface area (Å²) in [6.45, 7) is 5.34. The minimum absolute atomic E-state index is 0.187. The lowest BCUT2D eigenvalue weighted by atomic mass is 9.91. The summed E-state index contributed by atoms with van der Waals surface area (Å²) in [6, 6.07) is 1.83. The first kappa shape index (κ1) is 14.3. The molecule has 1 aromatic rings.